The minimum Gasteiger partial charge on any atom is -0.468 e. The van der Waals surface area contributed by atoms with E-state index in [1.807, 2.05) is 19.1 Å². The Hall–Kier alpha value is -0.910. The summed E-state index contributed by atoms with van der Waals surface area (Å²) in [6, 6.07) is 3.35. The Bertz CT molecular complexity index is 349. The van der Waals surface area contributed by atoms with E-state index >= 15 is 0 Å². The molecule has 4 nitrogen and oxygen atoms in total. The average Bonchev–Trinajstić information content (AvgIpc) is 2.63. The lowest BCUT2D eigenvalue weighted by atomic mass is 10.2. The zero-order chi connectivity index (χ0) is 12.1. The van der Waals surface area contributed by atoms with Crippen molar-refractivity contribution in [3.05, 3.63) is 21.9 Å². The maximum Gasteiger partial charge on any atom is 0.325 e. The van der Waals surface area contributed by atoms with Crippen molar-refractivity contribution >= 4 is 17.3 Å². The summed E-state index contributed by atoms with van der Waals surface area (Å²) in [7, 11) is 1.31. The number of aliphatic hydroxyl groups is 1. The van der Waals surface area contributed by atoms with Crippen LogP contribution in [0.4, 0.5) is 0 Å². The first-order chi connectivity index (χ1) is 7.54. The molecule has 5 heteroatoms. The van der Waals surface area contributed by atoms with Gasteiger partial charge in [-0.2, -0.15) is 0 Å². The number of thiophene rings is 1. The molecular formula is C11H17NO3S. The molecular weight excluding hydrogens is 226 g/mol. The highest BCUT2D eigenvalue weighted by Crippen LogP contribution is 2.14. The van der Waals surface area contributed by atoms with Crippen LogP contribution in [-0.2, 0) is 16.1 Å². The van der Waals surface area contributed by atoms with E-state index in [1.165, 1.54) is 12.0 Å². The van der Waals surface area contributed by atoms with Crippen LogP contribution >= 0.6 is 11.3 Å². The molecule has 0 unspecified atom stereocenters. The predicted octanol–water partition coefficient (Wildman–Crippen LogP) is 1.07. The van der Waals surface area contributed by atoms with Crippen molar-refractivity contribution in [1.82, 2.24) is 5.32 Å². The van der Waals surface area contributed by atoms with Crippen LogP contribution in [-0.4, -0.2) is 30.3 Å². The lowest BCUT2D eigenvalue weighted by Gasteiger charge is -2.18. The van der Waals surface area contributed by atoms with E-state index < -0.39 is 18.1 Å². The molecule has 0 amide bonds. The Balaban J connectivity index is 2.53. The first-order valence-electron chi connectivity index (χ1n) is 5.09. The Kier molecular flexibility index (Phi) is 4.92. The lowest BCUT2D eigenvalue weighted by molar-refractivity contribution is -0.145. The largest absolute Gasteiger partial charge is 0.468 e. The molecule has 2 N–H and O–H groups in total. The molecule has 90 valence electrons. The van der Waals surface area contributed by atoms with Crippen LogP contribution in [0.1, 0.15) is 16.7 Å². The molecule has 1 aromatic heterocycles. The van der Waals surface area contributed by atoms with Gasteiger partial charge in [0.25, 0.3) is 0 Å². The van der Waals surface area contributed by atoms with Gasteiger partial charge in [-0.05, 0) is 26.0 Å². The summed E-state index contributed by atoms with van der Waals surface area (Å²) >= 11 is 1.66. The Labute approximate surface area is 99.2 Å². The van der Waals surface area contributed by atoms with E-state index in [0.717, 1.165) is 4.88 Å². The first-order valence-corrected chi connectivity index (χ1v) is 5.91. The monoisotopic (exact) mass is 243 g/mol. The van der Waals surface area contributed by atoms with Crippen LogP contribution in [0.3, 0.4) is 0 Å². The molecule has 0 radical (unpaired) electrons. The van der Waals surface area contributed by atoms with Gasteiger partial charge in [0.15, 0.2) is 0 Å². The minimum atomic E-state index is -0.770. The smallest absolute Gasteiger partial charge is 0.325 e. The lowest BCUT2D eigenvalue weighted by Crippen LogP contribution is -2.44. The molecule has 2 atom stereocenters. The molecule has 0 aliphatic heterocycles. The number of esters is 1. The maximum absolute atomic E-state index is 11.3. The van der Waals surface area contributed by atoms with Gasteiger partial charge in [-0.25, -0.2) is 0 Å². The van der Waals surface area contributed by atoms with Gasteiger partial charge in [-0.1, -0.05) is 0 Å². The molecule has 0 spiro atoms. The third-order valence-electron chi connectivity index (χ3n) is 2.23. The number of methoxy groups -OCH3 is 1. The molecule has 0 fully saturated rings. The van der Waals surface area contributed by atoms with Crippen molar-refractivity contribution in [2.45, 2.75) is 32.5 Å². The summed E-state index contributed by atoms with van der Waals surface area (Å²) in [6.07, 6.45) is -0.770. The van der Waals surface area contributed by atoms with Crippen molar-refractivity contribution in [2.24, 2.45) is 0 Å². The molecule has 0 aliphatic rings. The molecule has 0 aliphatic carbocycles. The predicted molar refractivity (Wildman–Crippen MR) is 63.4 cm³/mol. The molecule has 0 bridgehead atoms. The van der Waals surface area contributed by atoms with Crippen LogP contribution in [0.5, 0.6) is 0 Å². The van der Waals surface area contributed by atoms with Crippen LogP contribution in [0.25, 0.3) is 0 Å². The van der Waals surface area contributed by atoms with E-state index in [-0.39, 0.29) is 0 Å². The van der Waals surface area contributed by atoms with Crippen LogP contribution in [0.2, 0.25) is 0 Å². The fourth-order valence-corrected chi connectivity index (χ4v) is 2.21. The van der Waals surface area contributed by atoms with Crippen LogP contribution in [0.15, 0.2) is 12.1 Å². The summed E-state index contributed by atoms with van der Waals surface area (Å²) in [5.74, 6) is -0.441. The number of nitrogens with one attached hydrogen (secondary N) is 1. The van der Waals surface area contributed by atoms with Gasteiger partial charge in [0, 0.05) is 16.3 Å². The second kappa shape index (κ2) is 5.98. The number of aryl methyl sites for hydroxylation is 1. The van der Waals surface area contributed by atoms with Gasteiger partial charge < -0.3 is 9.84 Å². The van der Waals surface area contributed by atoms with Crippen molar-refractivity contribution in [1.29, 1.82) is 0 Å². The van der Waals surface area contributed by atoms with Gasteiger partial charge in [0.2, 0.25) is 0 Å². The molecule has 1 aromatic rings. The van der Waals surface area contributed by atoms with Crippen molar-refractivity contribution < 1.29 is 14.6 Å². The summed E-state index contributed by atoms with van der Waals surface area (Å²) < 4.78 is 4.61. The van der Waals surface area contributed by atoms with Crippen molar-refractivity contribution in [3.8, 4) is 0 Å². The topological polar surface area (TPSA) is 58.6 Å². The Morgan fingerprint density at radius 2 is 2.31 bits per heavy atom. The summed E-state index contributed by atoms with van der Waals surface area (Å²) in [4.78, 5) is 13.7. The summed E-state index contributed by atoms with van der Waals surface area (Å²) in [5, 5.41) is 12.4. The molecule has 0 saturated heterocycles. The first kappa shape index (κ1) is 13.2. The molecule has 1 heterocycles. The number of ether oxygens (including phenoxy) is 1. The number of hydrogen-bond donors (Lipinski definition) is 2. The average molecular weight is 243 g/mol. The summed E-state index contributed by atoms with van der Waals surface area (Å²) in [6.45, 7) is 4.15. The van der Waals surface area contributed by atoms with E-state index in [9.17, 15) is 9.90 Å². The zero-order valence-electron chi connectivity index (χ0n) is 9.69. The Morgan fingerprint density at radius 1 is 1.62 bits per heavy atom. The quantitative estimate of drug-likeness (QED) is 0.759. The number of carbonyl (C=O) groups is 1. The maximum atomic E-state index is 11.3. The van der Waals surface area contributed by atoms with Crippen molar-refractivity contribution in [2.75, 3.05) is 7.11 Å². The van der Waals surface area contributed by atoms with E-state index in [2.05, 4.69) is 10.1 Å². The Morgan fingerprint density at radius 3 is 2.75 bits per heavy atom. The van der Waals surface area contributed by atoms with E-state index in [0.29, 0.717) is 6.54 Å². The molecule has 0 saturated carbocycles. The highest BCUT2D eigenvalue weighted by atomic mass is 32.1. The zero-order valence-corrected chi connectivity index (χ0v) is 10.5. The number of rotatable bonds is 5. The second-order valence-corrected chi connectivity index (χ2v) is 5.01. The third kappa shape index (κ3) is 3.59. The summed E-state index contributed by atoms with van der Waals surface area (Å²) in [5.41, 5.74) is 0. The van der Waals surface area contributed by atoms with E-state index in [4.69, 9.17) is 0 Å². The van der Waals surface area contributed by atoms with E-state index in [1.54, 1.807) is 18.3 Å². The molecule has 1 rings (SSSR count). The second-order valence-electron chi connectivity index (χ2n) is 3.63. The highest BCUT2D eigenvalue weighted by Gasteiger charge is 2.23. The van der Waals surface area contributed by atoms with Gasteiger partial charge >= 0.3 is 5.97 Å². The van der Waals surface area contributed by atoms with Crippen LogP contribution < -0.4 is 5.32 Å². The highest BCUT2D eigenvalue weighted by molar-refractivity contribution is 7.11. The third-order valence-corrected chi connectivity index (χ3v) is 3.23. The number of carbonyl (C=O) groups excluding carboxylic acids is 1. The number of aliphatic hydroxyl groups excluding tert-OH is 1. The van der Waals surface area contributed by atoms with Gasteiger partial charge in [-0.3, -0.25) is 10.1 Å². The van der Waals surface area contributed by atoms with Gasteiger partial charge in [0.05, 0.1) is 13.2 Å². The number of hydrogen-bond acceptors (Lipinski definition) is 5. The van der Waals surface area contributed by atoms with Crippen molar-refractivity contribution in [3.63, 3.8) is 0 Å². The van der Waals surface area contributed by atoms with Gasteiger partial charge in [0.1, 0.15) is 6.04 Å². The normalized spacial score (nSPS) is 14.5. The fourth-order valence-electron chi connectivity index (χ4n) is 1.37. The SMILES string of the molecule is COC(=O)[C@@H](NCc1ccc(C)s1)[C@@H](C)O. The van der Waals surface area contributed by atoms with Crippen LogP contribution in [0, 0.1) is 6.92 Å². The molecule has 0 aromatic carbocycles. The van der Waals surface area contributed by atoms with Gasteiger partial charge in [-0.15, -0.1) is 11.3 Å². The molecule has 16 heavy (non-hydrogen) atoms. The fraction of sp³-hybridized carbons (Fsp3) is 0.545. The standard InChI is InChI=1S/C11H17NO3S/c1-7-4-5-9(16-7)6-12-10(8(2)13)11(14)15-3/h4-5,8,10,12-13H,6H2,1-3H3/t8-,10+/m1/s1. The minimum absolute atomic E-state index is 0.441.